The minimum atomic E-state index is 0.661. The highest BCUT2D eigenvalue weighted by Gasteiger charge is 2.17. The van der Waals surface area contributed by atoms with Crippen LogP contribution in [0.2, 0.25) is 0 Å². The lowest BCUT2D eigenvalue weighted by molar-refractivity contribution is 0.154. The third-order valence-electron chi connectivity index (χ3n) is 2.68. The molecule has 1 N–H and O–H groups in total. The van der Waals surface area contributed by atoms with Gasteiger partial charge in [0.1, 0.15) is 0 Å². The van der Waals surface area contributed by atoms with Crippen molar-refractivity contribution in [1.29, 1.82) is 0 Å². The second-order valence-electron chi connectivity index (χ2n) is 3.83. The van der Waals surface area contributed by atoms with Gasteiger partial charge in [0.15, 0.2) is 0 Å². The number of aliphatic hydroxyl groups is 1. The minimum absolute atomic E-state index is 0.661. The highest BCUT2D eigenvalue weighted by Crippen LogP contribution is 2.17. The van der Waals surface area contributed by atoms with Crippen LogP contribution in [-0.2, 0) is 6.54 Å². The first-order valence-electron chi connectivity index (χ1n) is 5.14. The molecule has 0 aromatic heterocycles. The van der Waals surface area contributed by atoms with Crippen LogP contribution in [0.3, 0.4) is 0 Å². The van der Waals surface area contributed by atoms with Crippen LogP contribution in [0, 0.1) is 6.10 Å². The van der Waals surface area contributed by atoms with Gasteiger partial charge in [-0.2, -0.15) is 0 Å². The van der Waals surface area contributed by atoms with E-state index in [1.165, 1.54) is 5.56 Å². The maximum absolute atomic E-state index is 9.28. The van der Waals surface area contributed by atoms with Crippen LogP contribution in [0.15, 0.2) is 30.3 Å². The van der Waals surface area contributed by atoms with Gasteiger partial charge in [-0.15, -0.1) is 0 Å². The van der Waals surface area contributed by atoms with Crippen LogP contribution in [0.1, 0.15) is 18.4 Å². The third kappa shape index (κ3) is 2.56. The molecule has 2 heteroatoms. The van der Waals surface area contributed by atoms with E-state index in [1.807, 2.05) is 6.07 Å². The standard InChI is InChI=1S/C12H16NO/c14-12-6-8-13(9-7-12)10-11-4-2-1-3-5-11/h1-5,14H,6-10H2. The van der Waals surface area contributed by atoms with Crippen molar-refractivity contribution in [3.8, 4) is 0 Å². The molecule has 0 aliphatic carbocycles. The number of hydrogen-bond donors (Lipinski definition) is 1. The molecular formula is C12H16NO. The normalized spacial score (nSPS) is 19.8. The summed E-state index contributed by atoms with van der Waals surface area (Å²) in [5.74, 6) is 0. The van der Waals surface area contributed by atoms with E-state index in [4.69, 9.17) is 0 Å². The fraction of sp³-hybridized carbons (Fsp3) is 0.417. The van der Waals surface area contributed by atoms with Crippen LogP contribution < -0.4 is 0 Å². The highest BCUT2D eigenvalue weighted by atomic mass is 16.3. The Balaban J connectivity index is 1.87. The number of likely N-dealkylation sites (tertiary alicyclic amines) is 1. The first-order chi connectivity index (χ1) is 6.84. The van der Waals surface area contributed by atoms with Crippen LogP contribution in [-0.4, -0.2) is 23.1 Å². The van der Waals surface area contributed by atoms with E-state index < -0.39 is 0 Å². The van der Waals surface area contributed by atoms with Crippen LogP contribution in [0.4, 0.5) is 0 Å². The maximum Gasteiger partial charge on any atom is 0.0958 e. The Morgan fingerprint density at radius 3 is 2.36 bits per heavy atom. The summed E-state index contributed by atoms with van der Waals surface area (Å²) in [7, 11) is 0. The topological polar surface area (TPSA) is 23.5 Å². The molecule has 1 radical (unpaired) electrons. The highest BCUT2D eigenvalue weighted by molar-refractivity contribution is 5.14. The molecule has 0 atom stereocenters. The van der Waals surface area contributed by atoms with E-state index in [-0.39, 0.29) is 0 Å². The molecule has 0 bridgehead atoms. The van der Waals surface area contributed by atoms with Gasteiger partial charge in [-0.05, 0) is 18.4 Å². The van der Waals surface area contributed by atoms with Gasteiger partial charge in [-0.1, -0.05) is 30.3 Å². The van der Waals surface area contributed by atoms with Crippen molar-refractivity contribution < 1.29 is 5.11 Å². The van der Waals surface area contributed by atoms with Crippen molar-refractivity contribution in [2.75, 3.05) is 13.1 Å². The Hall–Kier alpha value is -0.860. The SMILES string of the molecule is O[C]1CCN(Cc2ccccc2)CC1. The van der Waals surface area contributed by atoms with Crippen molar-refractivity contribution in [1.82, 2.24) is 4.90 Å². The molecule has 1 aliphatic heterocycles. The Labute approximate surface area is 85.2 Å². The summed E-state index contributed by atoms with van der Waals surface area (Å²) in [6, 6.07) is 10.5. The van der Waals surface area contributed by atoms with Crippen molar-refractivity contribution in [3.63, 3.8) is 0 Å². The molecule has 1 saturated heterocycles. The van der Waals surface area contributed by atoms with E-state index in [0.29, 0.717) is 6.10 Å². The van der Waals surface area contributed by atoms with Gasteiger partial charge in [-0.3, -0.25) is 4.90 Å². The summed E-state index contributed by atoms with van der Waals surface area (Å²) in [6.45, 7) is 2.98. The fourth-order valence-corrected chi connectivity index (χ4v) is 1.81. The summed E-state index contributed by atoms with van der Waals surface area (Å²) < 4.78 is 0. The van der Waals surface area contributed by atoms with Gasteiger partial charge >= 0.3 is 0 Å². The largest absolute Gasteiger partial charge is 0.387 e. The predicted molar refractivity (Wildman–Crippen MR) is 56.1 cm³/mol. The number of piperidine rings is 1. The average Bonchev–Trinajstić information content (AvgIpc) is 2.23. The van der Waals surface area contributed by atoms with Crippen LogP contribution in [0.25, 0.3) is 0 Å². The van der Waals surface area contributed by atoms with E-state index in [2.05, 4.69) is 29.2 Å². The molecule has 0 unspecified atom stereocenters. The first-order valence-corrected chi connectivity index (χ1v) is 5.14. The number of rotatable bonds is 2. The zero-order valence-electron chi connectivity index (χ0n) is 8.32. The molecule has 0 spiro atoms. The molecule has 1 aromatic carbocycles. The monoisotopic (exact) mass is 190 g/mol. The molecule has 1 fully saturated rings. The third-order valence-corrected chi connectivity index (χ3v) is 2.68. The lowest BCUT2D eigenvalue weighted by atomic mass is 10.1. The van der Waals surface area contributed by atoms with Gasteiger partial charge in [-0.25, -0.2) is 0 Å². The lowest BCUT2D eigenvalue weighted by Crippen LogP contribution is -2.32. The Morgan fingerprint density at radius 1 is 1.07 bits per heavy atom. The summed E-state index contributed by atoms with van der Waals surface area (Å²) in [5.41, 5.74) is 1.36. The van der Waals surface area contributed by atoms with E-state index in [1.54, 1.807) is 0 Å². The average molecular weight is 190 g/mol. The Kier molecular flexibility index (Phi) is 3.17. The number of benzene rings is 1. The number of nitrogens with zero attached hydrogens (tertiary/aromatic N) is 1. The molecule has 0 amide bonds. The molecule has 14 heavy (non-hydrogen) atoms. The van der Waals surface area contributed by atoms with Gasteiger partial charge in [0.25, 0.3) is 0 Å². The van der Waals surface area contributed by atoms with Crippen LogP contribution >= 0.6 is 0 Å². The van der Waals surface area contributed by atoms with Gasteiger partial charge in [0.2, 0.25) is 0 Å². The molecule has 1 aliphatic rings. The predicted octanol–water partition coefficient (Wildman–Crippen LogP) is 2.19. The zero-order chi connectivity index (χ0) is 9.80. The number of aliphatic hydroxyl groups excluding tert-OH is 1. The van der Waals surface area contributed by atoms with Crippen molar-refractivity contribution in [2.24, 2.45) is 0 Å². The second kappa shape index (κ2) is 4.58. The smallest absolute Gasteiger partial charge is 0.0958 e. The molecule has 2 nitrogen and oxygen atoms in total. The maximum atomic E-state index is 9.28. The van der Waals surface area contributed by atoms with Crippen molar-refractivity contribution in [2.45, 2.75) is 19.4 Å². The molecule has 1 aromatic rings. The summed E-state index contributed by atoms with van der Waals surface area (Å²) in [5, 5.41) is 9.28. The lowest BCUT2D eigenvalue weighted by Gasteiger charge is -2.28. The van der Waals surface area contributed by atoms with E-state index in [0.717, 1.165) is 32.5 Å². The van der Waals surface area contributed by atoms with Gasteiger partial charge in [0, 0.05) is 19.6 Å². The summed E-state index contributed by atoms with van der Waals surface area (Å²) >= 11 is 0. The van der Waals surface area contributed by atoms with Gasteiger partial charge < -0.3 is 5.11 Å². The van der Waals surface area contributed by atoms with Crippen molar-refractivity contribution in [3.05, 3.63) is 42.0 Å². The first kappa shape index (κ1) is 9.69. The Morgan fingerprint density at radius 2 is 1.71 bits per heavy atom. The summed E-state index contributed by atoms with van der Waals surface area (Å²) in [4.78, 5) is 2.38. The van der Waals surface area contributed by atoms with Crippen LogP contribution in [0.5, 0.6) is 0 Å². The minimum Gasteiger partial charge on any atom is -0.387 e. The summed E-state index contributed by atoms with van der Waals surface area (Å²) in [6.07, 6.45) is 2.34. The molecule has 1 heterocycles. The fourth-order valence-electron chi connectivity index (χ4n) is 1.81. The molecule has 0 saturated carbocycles. The molecule has 75 valence electrons. The second-order valence-corrected chi connectivity index (χ2v) is 3.83. The molecule has 2 rings (SSSR count). The quantitative estimate of drug-likeness (QED) is 0.772. The van der Waals surface area contributed by atoms with E-state index in [9.17, 15) is 5.11 Å². The van der Waals surface area contributed by atoms with Gasteiger partial charge in [0.05, 0.1) is 6.10 Å². The van der Waals surface area contributed by atoms with E-state index >= 15 is 0 Å². The Bertz CT molecular complexity index is 265. The van der Waals surface area contributed by atoms with Crippen molar-refractivity contribution >= 4 is 0 Å². The molecular weight excluding hydrogens is 174 g/mol. The number of hydrogen-bond acceptors (Lipinski definition) is 2. The zero-order valence-corrected chi connectivity index (χ0v) is 8.32.